The van der Waals surface area contributed by atoms with Crippen LogP contribution in [0.3, 0.4) is 0 Å². The fourth-order valence-corrected chi connectivity index (χ4v) is 3.40. The summed E-state index contributed by atoms with van der Waals surface area (Å²) in [5, 5.41) is 4.27. The van der Waals surface area contributed by atoms with Gasteiger partial charge < -0.3 is 10.1 Å². The maximum absolute atomic E-state index is 12.3. The molecule has 0 aliphatic heterocycles. The monoisotopic (exact) mass is 346 g/mol. The number of carbonyl (C=O) groups is 1. The number of ether oxygens (including phenoxy) is 1. The Morgan fingerprint density at radius 1 is 1.29 bits per heavy atom. The average Bonchev–Trinajstić information content (AvgIpc) is 2.59. The van der Waals surface area contributed by atoms with Crippen molar-refractivity contribution in [3.05, 3.63) is 41.0 Å². The highest BCUT2D eigenvalue weighted by molar-refractivity contribution is 6.29. The van der Waals surface area contributed by atoms with Crippen LogP contribution in [-0.4, -0.2) is 30.1 Å². The van der Waals surface area contributed by atoms with Crippen LogP contribution in [0.15, 0.2) is 30.3 Å². The van der Waals surface area contributed by atoms with E-state index in [4.69, 9.17) is 16.3 Å². The molecule has 128 valence electrons. The maximum Gasteiger partial charge on any atom is 0.251 e. The van der Waals surface area contributed by atoms with E-state index < -0.39 is 0 Å². The van der Waals surface area contributed by atoms with Crippen LogP contribution < -0.4 is 5.32 Å². The molecule has 5 heteroatoms. The zero-order chi connectivity index (χ0) is 16.9. The third-order valence-corrected chi connectivity index (χ3v) is 4.88. The van der Waals surface area contributed by atoms with E-state index in [9.17, 15) is 4.79 Å². The standard InChI is InChI=1S/C19H23ClN2O2/c1-13-4-2-3-5-17(13)24-11-10-21-19(23)15-6-8-16-14(12-15)7-9-18(20)22-16/h6-9,12-13,17H,2-5,10-11H2,1H3,(H,21,23). The minimum Gasteiger partial charge on any atom is -0.376 e. The van der Waals surface area contributed by atoms with Crippen molar-refractivity contribution in [1.29, 1.82) is 0 Å². The van der Waals surface area contributed by atoms with E-state index in [2.05, 4.69) is 17.2 Å². The Labute approximate surface area is 147 Å². The van der Waals surface area contributed by atoms with Crippen LogP contribution in [0.25, 0.3) is 10.9 Å². The molecule has 1 aromatic heterocycles. The van der Waals surface area contributed by atoms with E-state index in [-0.39, 0.29) is 5.91 Å². The fourth-order valence-electron chi connectivity index (χ4n) is 3.25. The van der Waals surface area contributed by atoms with Gasteiger partial charge in [0, 0.05) is 17.5 Å². The SMILES string of the molecule is CC1CCCCC1OCCNC(=O)c1ccc2nc(Cl)ccc2c1. The van der Waals surface area contributed by atoms with Crippen molar-refractivity contribution in [3.8, 4) is 0 Å². The van der Waals surface area contributed by atoms with Crippen molar-refractivity contribution in [2.45, 2.75) is 38.7 Å². The summed E-state index contributed by atoms with van der Waals surface area (Å²) in [7, 11) is 0. The molecule has 1 saturated carbocycles. The van der Waals surface area contributed by atoms with Gasteiger partial charge in [0.1, 0.15) is 5.15 Å². The van der Waals surface area contributed by atoms with Crippen LogP contribution in [0.5, 0.6) is 0 Å². The zero-order valence-electron chi connectivity index (χ0n) is 13.9. The van der Waals surface area contributed by atoms with Gasteiger partial charge in [-0.15, -0.1) is 0 Å². The molecule has 0 bridgehead atoms. The van der Waals surface area contributed by atoms with E-state index in [0.717, 1.165) is 17.3 Å². The average molecular weight is 347 g/mol. The molecule has 0 spiro atoms. The van der Waals surface area contributed by atoms with E-state index in [1.165, 1.54) is 19.3 Å². The second-order valence-electron chi connectivity index (χ2n) is 6.47. The molecule has 0 saturated heterocycles. The van der Waals surface area contributed by atoms with Crippen LogP contribution in [0.4, 0.5) is 0 Å². The van der Waals surface area contributed by atoms with Gasteiger partial charge in [-0.2, -0.15) is 0 Å². The van der Waals surface area contributed by atoms with Crippen molar-refractivity contribution < 1.29 is 9.53 Å². The molecule has 1 aliphatic rings. The number of hydrogen-bond donors (Lipinski definition) is 1. The maximum atomic E-state index is 12.3. The molecule has 1 amide bonds. The van der Waals surface area contributed by atoms with Gasteiger partial charge in [-0.05, 0) is 49.1 Å². The first kappa shape index (κ1) is 17.2. The first-order chi connectivity index (χ1) is 11.6. The lowest BCUT2D eigenvalue weighted by Gasteiger charge is -2.28. The van der Waals surface area contributed by atoms with Crippen LogP contribution in [-0.2, 0) is 4.74 Å². The fraction of sp³-hybridized carbons (Fsp3) is 0.474. The highest BCUT2D eigenvalue weighted by Crippen LogP contribution is 2.26. The number of amides is 1. The van der Waals surface area contributed by atoms with Crippen LogP contribution in [0.1, 0.15) is 43.0 Å². The summed E-state index contributed by atoms with van der Waals surface area (Å²) in [5.74, 6) is 0.529. The molecule has 2 aromatic rings. The summed E-state index contributed by atoms with van der Waals surface area (Å²) in [4.78, 5) is 16.5. The van der Waals surface area contributed by atoms with Crippen LogP contribution in [0.2, 0.25) is 5.15 Å². The van der Waals surface area contributed by atoms with Crippen molar-refractivity contribution in [2.75, 3.05) is 13.2 Å². The number of fused-ring (bicyclic) bond motifs is 1. The molecule has 1 N–H and O–H groups in total. The summed E-state index contributed by atoms with van der Waals surface area (Å²) in [5.41, 5.74) is 1.41. The number of hydrogen-bond acceptors (Lipinski definition) is 3. The predicted octanol–water partition coefficient (Wildman–Crippen LogP) is 4.21. The van der Waals surface area contributed by atoms with E-state index in [1.807, 2.05) is 18.2 Å². The van der Waals surface area contributed by atoms with Gasteiger partial charge in [-0.1, -0.05) is 31.4 Å². The molecule has 2 unspecified atom stereocenters. The Bertz CT molecular complexity index is 720. The van der Waals surface area contributed by atoms with Crippen molar-refractivity contribution in [2.24, 2.45) is 5.92 Å². The summed E-state index contributed by atoms with van der Waals surface area (Å²) in [6.45, 7) is 3.34. The summed E-state index contributed by atoms with van der Waals surface area (Å²) >= 11 is 5.88. The van der Waals surface area contributed by atoms with Gasteiger partial charge in [0.05, 0.1) is 18.2 Å². The second kappa shape index (κ2) is 7.95. The van der Waals surface area contributed by atoms with Crippen LogP contribution in [0, 0.1) is 5.92 Å². The van der Waals surface area contributed by atoms with Crippen molar-refractivity contribution >= 4 is 28.4 Å². The van der Waals surface area contributed by atoms with Crippen LogP contribution >= 0.6 is 11.6 Å². The van der Waals surface area contributed by atoms with Gasteiger partial charge in [-0.3, -0.25) is 4.79 Å². The lowest BCUT2D eigenvalue weighted by molar-refractivity contribution is -0.00293. The molecule has 1 aromatic carbocycles. The minimum atomic E-state index is -0.0906. The Balaban J connectivity index is 1.50. The van der Waals surface area contributed by atoms with Gasteiger partial charge in [0.15, 0.2) is 0 Å². The number of carbonyl (C=O) groups excluding carboxylic acids is 1. The molecule has 1 fully saturated rings. The molecule has 0 radical (unpaired) electrons. The summed E-state index contributed by atoms with van der Waals surface area (Å²) in [6, 6.07) is 9.01. The van der Waals surface area contributed by atoms with E-state index >= 15 is 0 Å². The van der Waals surface area contributed by atoms with Crippen molar-refractivity contribution in [3.63, 3.8) is 0 Å². The highest BCUT2D eigenvalue weighted by Gasteiger charge is 2.21. The molecular formula is C19H23ClN2O2. The van der Waals surface area contributed by atoms with Gasteiger partial charge in [0.25, 0.3) is 5.91 Å². The van der Waals surface area contributed by atoms with Gasteiger partial charge in [-0.25, -0.2) is 4.98 Å². The van der Waals surface area contributed by atoms with Gasteiger partial charge >= 0.3 is 0 Å². The Morgan fingerprint density at radius 3 is 2.96 bits per heavy atom. The van der Waals surface area contributed by atoms with Crippen molar-refractivity contribution in [1.82, 2.24) is 10.3 Å². The smallest absolute Gasteiger partial charge is 0.251 e. The lowest BCUT2D eigenvalue weighted by Crippen LogP contribution is -2.31. The second-order valence-corrected chi connectivity index (χ2v) is 6.86. The molecule has 4 nitrogen and oxygen atoms in total. The molecule has 1 heterocycles. The number of halogens is 1. The Morgan fingerprint density at radius 2 is 2.12 bits per heavy atom. The lowest BCUT2D eigenvalue weighted by atomic mass is 9.88. The first-order valence-corrected chi connectivity index (χ1v) is 8.97. The molecular weight excluding hydrogens is 324 g/mol. The molecule has 2 atom stereocenters. The normalized spacial score (nSPS) is 20.9. The number of benzene rings is 1. The predicted molar refractivity (Wildman–Crippen MR) is 96.5 cm³/mol. The number of aromatic nitrogens is 1. The zero-order valence-corrected chi connectivity index (χ0v) is 14.7. The molecule has 1 aliphatic carbocycles. The first-order valence-electron chi connectivity index (χ1n) is 8.59. The number of nitrogens with one attached hydrogen (secondary N) is 1. The Hall–Kier alpha value is -1.65. The highest BCUT2D eigenvalue weighted by atomic mass is 35.5. The third kappa shape index (κ3) is 4.25. The number of pyridine rings is 1. The molecule has 24 heavy (non-hydrogen) atoms. The van der Waals surface area contributed by atoms with Gasteiger partial charge in [0.2, 0.25) is 0 Å². The largest absolute Gasteiger partial charge is 0.376 e. The molecule has 3 rings (SSSR count). The summed E-state index contributed by atoms with van der Waals surface area (Å²) in [6.07, 6.45) is 5.27. The van der Waals surface area contributed by atoms with E-state index in [1.54, 1.807) is 12.1 Å². The van der Waals surface area contributed by atoms with E-state index in [0.29, 0.717) is 35.9 Å². The minimum absolute atomic E-state index is 0.0906. The summed E-state index contributed by atoms with van der Waals surface area (Å²) < 4.78 is 5.93. The topological polar surface area (TPSA) is 51.2 Å². The quantitative estimate of drug-likeness (QED) is 0.651. The number of rotatable bonds is 5. The number of nitrogens with zero attached hydrogens (tertiary/aromatic N) is 1. The Kier molecular flexibility index (Phi) is 5.69. The third-order valence-electron chi connectivity index (χ3n) is 4.67.